The lowest BCUT2D eigenvalue weighted by atomic mass is 10.1. The summed E-state index contributed by atoms with van der Waals surface area (Å²) in [4.78, 5) is 36.8. The second-order valence-electron chi connectivity index (χ2n) is 5.97. The van der Waals surface area contributed by atoms with Gasteiger partial charge in [-0.15, -0.1) is 11.3 Å². The Balaban J connectivity index is 2.19. The van der Waals surface area contributed by atoms with Crippen molar-refractivity contribution in [3.63, 3.8) is 0 Å². The number of esters is 1. The van der Waals surface area contributed by atoms with E-state index in [2.05, 4.69) is 15.8 Å². The van der Waals surface area contributed by atoms with Crippen molar-refractivity contribution < 1.29 is 28.6 Å². The zero-order valence-electron chi connectivity index (χ0n) is 17.3. The molecule has 0 aliphatic carbocycles. The number of hydrogen-bond donors (Lipinski definition) is 2. The van der Waals surface area contributed by atoms with Crippen LogP contribution in [0.15, 0.2) is 23.3 Å². The van der Waals surface area contributed by atoms with Gasteiger partial charge in [-0.25, -0.2) is 15.0 Å². The number of carbonyl (C=O) groups excluding carboxylic acids is 3. The van der Waals surface area contributed by atoms with Crippen LogP contribution in [0, 0.1) is 6.92 Å². The smallest absolute Gasteiger partial charge is 0.341 e. The summed E-state index contributed by atoms with van der Waals surface area (Å²) in [7, 11) is 3.05. The van der Waals surface area contributed by atoms with Crippen LogP contribution < -0.4 is 20.2 Å². The monoisotopic (exact) mass is 433 g/mol. The largest absolute Gasteiger partial charge is 0.497 e. The highest BCUT2D eigenvalue weighted by Gasteiger charge is 2.25. The molecule has 0 radical (unpaired) electrons. The predicted octanol–water partition coefficient (Wildman–Crippen LogP) is 3.61. The topological polar surface area (TPSA) is 115 Å². The molecular formula is C20H23N3O6S. The van der Waals surface area contributed by atoms with E-state index in [9.17, 15) is 14.4 Å². The van der Waals surface area contributed by atoms with Crippen molar-refractivity contribution in [3.05, 3.63) is 39.8 Å². The molecule has 30 heavy (non-hydrogen) atoms. The Kier molecular flexibility index (Phi) is 7.93. The van der Waals surface area contributed by atoms with Crippen molar-refractivity contribution in [1.29, 1.82) is 0 Å². The Labute approximate surface area is 178 Å². The maximum Gasteiger partial charge on any atom is 0.341 e. The molecule has 160 valence electrons. The van der Waals surface area contributed by atoms with Gasteiger partial charge in [0.05, 0.1) is 37.5 Å². The molecule has 0 saturated carbocycles. The molecule has 1 aromatic heterocycles. The zero-order chi connectivity index (χ0) is 22.3. The quantitative estimate of drug-likeness (QED) is 0.284. The molecule has 0 bridgehead atoms. The summed E-state index contributed by atoms with van der Waals surface area (Å²) in [5, 5.41) is 6.66. The number of carbonyl (C=O) groups is 3. The first-order chi connectivity index (χ1) is 14.3. The van der Waals surface area contributed by atoms with E-state index in [-0.39, 0.29) is 23.0 Å². The summed E-state index contributed by atoms with van der Waals surface area (Å²) < 4.78 is 15.4. The van der Waals surface area contributed by atoms with Crippen LogP contribution in [0.25, 0.3) is 0 Å². The summed E-state index contributed by atoms with van der Waals surface area (Å²) in [6.07, 6.45) is 1.40. The Morgan fingerprint density at radius 2 is 1.93 bits per heavy atom. The van der Waals surface area contributed by atoms with Crippen LogP contribution in [0.2, 0.25) is 0 Å². The molecule has 9 nitrogen and oxygen atoms in total. The average molecular weight is 433 g/mol. The molecule has 0 saturated heterocycles. The number of Topliss-reactive ketones (excluding diaryl/α,β-unsaturated/α-hetero) is 1. The van der Waals surface area contributed by atoms with Crippen LogP contribution >= 0.6 is 11.3 Å². The van der Waals surface area contributed by atoms with Gasteiger partial charge in [0.2, 0.25) is 0 Å². The van der Waals surface area contributed by atoms with E-state index in [1.807, 2.05) is 0 Å². The number of ketones is 1. The molecule has 0 unspecified atom stereocenters. The Bertz CT molecular complexity index is 983. The molecular weight excluding hydrogens is 410 g/mol. The van der Waals surface area contributed by atoms with Crippen LogP contribution in [0.1, 0.15) is 45.0 Å². The number of urea groups is 1. The number of rotatable bonds is 8. The molecule has 0 spiro atoms. The number of ether oxygens (including phenoxy) is 3. The van der Waals surface area contributed by atoms with Gasteiger partial charge < -0.3 is 14.2 Å². The summed E-state index contributed by atoms with van der Waals surface area (Å²) >= 11 is 1.01. The van der Waals surface area contributed by atoms with E-state index < -0.39 is 12.0 Å². The second-order valence-corrected chi connectivity index (χ2v) is 6.99. The number of hydrogen-bond acceptors (Lipinski definition) is 8. The van der Waals surface area contributed by atoms with Gasteiger partial charge in [0.15, 0.2) is 5.78 Å². The van der Waals surface area contributed by atoms with Gasteiger partial charge in [0, 0.05) is 5.56 Å². The highest BCUT2D eigenvalue weighted by molar-refractivity contribution is 7.18. The van der Waals surface area contributed by atoms with E-state index in [0.717, 1.165) is 11.3 Å². The lowest BCUT2D eigenvalue weighted by molar-refractivity contribution is 0.0527. The van der Waals surface area contributed by atoms with Crippen LogP contribution in [-0.4, -0.2) is 44.8 Å². The van der Waals surface area contributed by atoms with Crippen molar-refractivity contribution in [1.82, 2.24) is 5.43 Å². The van der Waals surface area contributed by atoms with Gasteiger partial charge in [-0.3, -0.25) is 10.1 Å². The van der Waals surface area contributed by atoms with Crippen molar-refractivity contribution in [2.45, 2.75) is 20.8 Å². The summed E-state index contributed by atoms with van der Waals surface area (Å²) in [5.74, 6) is 0.330. The first-order valence-corrected chi connectivity index (χ1v) is 9.77. The molecule has 0 aliphatic heterocycles. The molecule has 1 heterocycles. The fourth-order valence-electron chi connectivity index (χ4n) is 2.62. The highest BCUT2D eigenvalue weighted by Crippen LogP contribution is 2.34. The van der Waals surface area contributed by atoms with E-state index >= 15 is 0 Å². The van der Waals surface area contributed by atoms with E-state index in [1.54, 1.807) is 32.0 Å². The summed E-state index contributed by atoms with van der Waals surface area (Å²) in [6.45, 7) is 4.87. The van der Waals surface area contributed by atoms with Gasteiger partial charge in [-0.2, -0.15) is 5.10 Å². The lowest BCUT2D eigenvalue weighted by Crippen LogP contribution is -2.25. The van der Waals surface area contributed by atoms with Gasteiger partial charge >= 0.3 is 12.0 Å². The maximum atomic E-state index is 12.3. The van der Waals surface area contributed by atoms with Crippen molar-refractivity contribution in [3.8, 4) is 11.5 Å². The van der Waals surface area contributed by atoms with Crippen LogP contribution in [0.5, 0.6) is 11.5 Å². The van der Waals surface area contributed by atoms with Gasteiger partial charge in [0.25, 0.3) is 0 Å². The minimum absolute atomic E-state index is 0.153. The number of nitrogens with one attached hydrogen (secondary N) is 2. The third kappa shape index (κ3) is 5.35. The van der Waals surface area contributed by atoms with Crippen LogP contribution in [0.4, 0.5) is 9.80 Å². The number of thiophene rings is 1. The van der Waals surface area contributed by atoms with Crippen LogP contribution in [0.3, 0.4) is 0 Å². The molecule has 2 N–H and O–H groups in total. The average Bonchev–Trinajstić information content (AvgIpc) is 3.04. The molecule has 2 rings (SSSR count). The van der Waals surface area contributed by atoms with Gasteiger partial charge in [0.1, 0.15) is 16.5 Å². The SMILES string of the molecule is CCOC(=O)c1c(NC(=O)N/N=C\c2cc(OC)ccc2OC)sc(C(C)=O)c1C. The Morgan fingerprint density at radius 1 is 1.20 bits per heavy atom. The lowest BCUT2D eigenvalue weighted by Gasteiger charge is -2.07. The number of methoxy groups -OCH3 is 2. The minimum Gasteiger partial charge on any atom is -0.497 e. The molecule has 10 heteroatoms. The highest BCUT2D eigenvalue weighted by atomic mass is 32.1. The summed E-state index contributed by atoms with van der Waals surface area (Å²) in [5.41, 5.74) is 3.53. The maximum absolute atomic E-state index is 12.3. The molecule has 1 aromatic carbocycles. The minimum atomic E-state index is -0.685. The standard InChI is InChI=1S/C20H23N3O6S/c1-6-29-19(25)16-11(2)17(12(3)24)30-18(16)22-20(26)23-21-10-13-9-14(27-4)7-8-15(13)28-5/h7-10H,6H2,1-5H3,(H2,22,23,26)/b21-10-. The summed E-state index contributed by atoms with van der Waals surface area (Å²) in [6, 6.07) is 4.46. The van der Waals surface area contributed by atoms with Crippen molar-refractivity contribution >= 4 is 40.3 Å². The number of amides is 2. The number of benzene rings is 1. The number of hydrazone groups is 1. The van der Waals surface area contributed by atoms with Crippen molar-refractivity contribution in [2.24, 2.45) is 5.10 Å². The fourth-order valence-corrected chi connectivity index (χ4v) is 3.70. The van der Waals surface area contributed by atoms with E-state index in [4.69, 9.17) is 14.2 Å². The molecule has 0 atom stereocenters. The molecule has 0 aliphatic rings. The van der Waals surface area contributed by atoms with Crippen molar-refractivity contribution in [2.75, 3.05) is 26.1 Å². The van der Waals surface area contributed by atoms with E-state index in [0.29, 0.717) is 27.5 Å². The predicted molar refractivity (Wildman–Crippen MR) is 114 cm³/mol. The normalized spacial score (nSPS) is 10.6. The van der Waals surface area contributed by atoms with E-state index in [1.165, 1.54) is 27.4 Å². The molecule has 0 fully saturated rings. The first kappa shape index (κ1) is 22.9. The second kappa shape index (κ2) is 10.4. The fraction of sp³-hybridized carbons (Fsp3) is 0.300. The van der Waals surface area contributed by atoms with Gasteiger partial charge in [-0.1, -0.05) is 0 Å². The Morgan fingerprint density at radius 3 is 2.53 bits per heavy atom. The third-order valence-electron chi connectivity index (χ3n) is 3.98. The Hall–Kier alpha value is -3.40. The number of anilines is 1. The zero-order valence-corrected chi connectivity index (χ0v) is 18.1. The third-order valence-corrected chi connectivity index (χ3v) is 5.29. The molecule has 2 aromatic rings. The molecule has 2 amide bonds. The number of nitrogens with zero attached hydrogens (tertiary/aromatic N) is 1. The van der Waals surface area contributed by atoms with Gasteiger partial charge in [-0.05, 0) is 44.5 Å². The van der Waals surface area contributed by atoms with Crippen LogP contribution in [-0.2, 0) is 4.74 Å². The first-order valence-electron chi connectivity index (χ1n) is 8.95.